The molecule has 2 atom stereocenters. The van der Waals surface area contributed by atoms with Crippen molar-refractivity contribution in [2.75, 3.05) is 45.2 Å². The molecule has 2 heterocycles. The van der Waals surface area contributed by atoms with Crippen LogP contribution in [0, 0.1) is 0 Å². The summed E-state index contributed by atoms with van der Waals surface area (Å²) in [4.78, 5) is 17.0. The van der Waals surface area contributed by atoms with Crippen LogP contribution in [-0.2, 0) is 11.2 Å². The van der Waals surface area contributed by atoms with Crippen molar-refractivity contribution in [3.63, 3.8) is 0 Å². The number of benzene rings is 2. The summed E-state index contributed by atoms with van der Waals surface area (Å²) in [6, 6.07) is 16.0. The minimum absolute atomic E-state index is 0.00860. The van der Waals surface area contributed by atoms with E-state index in [9.17, 15) is 9.90 Å². The zero-order valence-corrected chi connectivity index (χ0v) is 17.6. The maximum Gasteiger partial charge on any atom is 0.260 e. The molecule has 2 aromatic rings. The molecule has 0 aromatic heterocycles. The summed E-state index contributed by atoms with van der Waals surface area (Å²) in [7, 11) is 1.84. The molecule has 4 rings (SSSR count). The average Bonchev–Trinajstić information content (AvgIpc) is 3.20. The van der Waals surface area contributed by atoms with E-state index in [1.165, 1.54) is 5.56 Å². The van der Waals surface area contributed by atoms with Crippen LogP contribution in [0.4, 0.5) is 5.69 Å². The Bertz CT molecular complexity index is 858. The molecule has 1 fully saturated rings. The molecule has 30 heavy (non-hydrogen) atoms. The fraction of sp³-hybridized carbons (Fsp3) is 0.458. The molecule has 2 aliphatic heterocycles. The summed E-state index contributed by atoms with van der Waals surface area (Å²) in [6.45, 7) is 3.23. The molecule has 0 spiro atoms. The number of likely N-dealkylation sites (N-methyl/N-ethyl adjacent to an activating group) is 1. The molecular weight excluding hydrogens is 378 g/mol. The van der Waals surface area contributed by atoms with Crippen LogP contribution in [0.25, 0.3) is 0 Å². The van der Waals surface area contributed by atoms with Gasteiger partial charge in [0.15, 0.2) is 6.61 Å². The highest BCUT2D eigenvalue weighted by Gasteiger charge is 2.28. The van der Waals surface area contributed by atoms with E-state index in [0.717, 1.165) is 49.4 Å². The lowest BCUT2D eigenvalue weighted by Crippen LogP contribution is -2.40. The Balaban J connectivity index is 1.41. The molecule has 0 bridgehead atoms. The van der Waals surface area contributed by atoms with Crippen molar-refractivity contribution in [2.45, 2.75) is 31.4 Å². The number of carbonyl (C=O) groups excluding carboxylic acids is 1. The predicted octanol–water partition coefficient (Wildman–Crippen LogP) is 2.69. The maximum absolute atomic E-state index is 13.0. The van der Waals surface area contributed by atoms with Gasteiger partial charge in [0.1, 0.15) is 5.75 Å². The number of aryl methyl sites for hydroxylation is 1. The highest BCUT2D eigenvalue weighted by atomic mass is 16.5. The minimum atomic E-state index is -0.274. The number of hydrogen-bond donors (Lipinski definition) is 2. The molecule has 6 nitrogen and oxygen atoms in total. The fourth-order valence-corrected chi connectivity index (χ4v) is 4.31. The van der Waals surface area contributed by atoms with Crippen LogP contribution in [0.15, 0.2) is 48.5 Å². The van der Waals surface area contributed by atoms with Crippen molar-refractivity contribution in [2.24, 2.45) is 0 Å². The third-order valence-electron chi connectivity index (χ3n) is 6.10. The Morgan fingerprint density at radius 1 is 1.30 bits per heavy atom. The first-order valence-corrected chi connectivity index (χ1v) is 10.8. The zero-order chi connectivity index (χ0) is 20.9. The van der Waals surface area contributed by atoms with Gasteiger partial charge in [0.05, 0.1) is 12.1 Å². The Kier molecular flexibility index (Phi) is 6.55. The van der Waals surface area contributed by atoms with Crippen LogP contribution in [0.2, 0.25) is 0 Å². The molecule has 1 unspecified atom stereocenters. The SMILES string of the molecule is CN(C(=O)COc1ccc2c(c1)CCCN2)C(CN1CC[C@H](O)C1)c1ccccc1. The largest absolute Gasteiger partial charge is 0.484 e. The molecule has 2 N–H and O–H groups in total. The highest BCUT2D eigenvalue weighted by molar-refractivity contribution is 5.78. The van der Waals surface area contributed by atoms with E-state index in [2.05, 4.69) is 22.3 Å². The number of rotatable bonds is 7. The van der Waals surface area contributed by atoms with Crippen molar-refractivity contribution in [1.29, 1.82) is 0 Å². The van der Waals surface area contributed by atoms with Gasteiger partial charge in [0.25, 0.3) is 5.91 Å². The number of carbonyl (C=O) groups is 1. The number of aliphatic hydroxyl groups excluding tert-OH is 1. The molecule has 2 aromatic carbocycles. The van der Waals surface area contributed by atoms with Gasteiger partial charge in [-0.15, -0.1) is 0 Å². The van der Waals surface area contributed by atoms with Crippen molar-refractivity contribution in [3.8, 4) is 5.75 Å². The van der Waals surface area contributed by atoms with Gasteiger partial charge < -0.3 is 20.1 Å². The summed E-state index contributed by atoms with van der Waals surface area (Å²) in [5.74, 6) is 0.678. The molecule has 0 aliphatic carbocycles. The van der Waals surface area contributed by atoms with Crippen LogP contribution < -0.4 is 10.1 Å². The first kappa shape index (κ1) is 20.7. The smallest absolute Gasteiger partial charge is 0.260 e. The number of hydrogen-bond acceptors (Lipinski definition) is 5. The van der Waals surface area contributed by atoms with Crippen molar-refractivity contribution in [1.82, 2.24) is 9.80 Å². The molecule has 2 aliphatic rings. The maximum atomic E-state index is 13.0. The molecule has 0 radical (unpaired) electrons. The van der Waals surface area contributed by atoms with Crippen LogP contribution in [0.3, 0.4) is 0 Å². The molecular formula is C24H31N3O3. The van der Waals surface area contributed by atoms with Gasteiger partial charge in [0, 0.05) is 38.9 Å². The van der Waals surface area contributed by atoms with Gasteiger partial charge in [-0.25, -0.2) is 0 Å². The Labute approximate surface area is 178 Å². The van der Waals surface area contributed by atoms with E-state index >= 15 is 0 Å². The number of fused-ring (bicyclic) bond motifs is 1. The zero-order valence-electron chi connectivity index (χ0n) is 17.6. The summed E-state index contributed by atoms with van der Waals surface area (Å²) < 4.78 is 5.86. The third-order valence-corrected chi connectivity index (χ3v) is 6.10. The summed E-state index contributed by atoms with van der Waals surface area (Å²) in [5, 5.41) is 13.3. The van der Waals surface area contributed by atoms with Crippen molar-refractivity contribution in [3.05, 3.63) is 59.7 Å². The van der Waals surface area contributed by atoms with E-state index in [0.29, 0.717) is 13.1 Å². The van der Waals surface area contributed by atoms with Crippen molar-refractivity contribution < 1.29 is 14.6 Å². The van der Waals surface area contributed by atoms with Gasteiger partial charge >= 0.3 is 0 Å². The molecule has 160 valence electrons. The topological polar surface area (TPSA) is 65.0 Å². The summed E-state index contributed by atoms with van der Waals surface area (Å²) in [6.07, 6.45) is 2.66. The second-order valence-corrected chi connectivity index (χ2v) is 8.27. The second-order valence-electron chi connectivity index (χ2n) is 8.27. The number of nitrogens with zero attached hydrogens (tertiary/aromatic N) is 2. The van der Waals surface area contributed by atoms with E-state index in [-0.39, 0.29) is 24.7 Å². The Morgan fingerprint density at radius 3 is 2.90 bits per heavy atom. The molecule has 1 amide bonds. The minimum Gasteiger partial charge on any atom is -0.484 e. The predicted molar refractivity (Wildman–Crippen MR) is 118 cm³/mol. The van der Waals surface area contributed by atoms with E-state index < -0.39 is 0 Å². The van der Waals surface area contributed by atoms with E-state index in [1.807, 2.05) is 43.4 Å². The molecule has 1 saturated heterocycles. The van der Waals surface area contributed by atoms with Gasteiger partial charge in [-0.05, 0) is 48.6 Å². The number of amides is 1. The number of nitrogens with one attached hydrogen (secondary N) is 1. The van der Waals surface area contributed by atoms with Gasteiger partial charge in [-0.3, -0.25) is 9.69 Å². The fourth-order valence-electron chi connectivity index (χ4n) is 4.31. The summed E-state index contributed by atoms with van der Waals surface area (Å²) >= 11 is 0. The number of β-amino-alcohol motifs (C(OH)–C–C–N with tert-alkyl or cyclic N) is 1. The monoisotopic (exact) mass is 409 g/mol. The van der Waals surface area contributed by atoms with Crippen molar-refractivity contribution >= 4 is 11.6 Å². The van der Waals surface area contributed by atoms with Crippen LogP contribution in [0.1, 0.15) is 30.0 Å². The Morgan fingerprint density at radius 2 is 2.13 bits per heavy atom. The van der Waals surface area contributed by atoms with Gasteiger partial charge in [-0.1, -0.05) is 30.3 Å². The van der Waals surface area contributed by atoms with E-state index in [4.69, 9.17) is 4.74 Å². The number of ether oxygens (including phenoxy) is 1. The highest BCUT2D eigenvalue weighted by Crippen LogP contribution is 2.27. The first-order valence-electron chi connectivity index (χ1n) is 10.8. The molecule has 6 heteroatoms. The lowest BCUT2D eigenvalue weighted by molar-refractivity contribution is -0.134. The third kappa shape index (κ3) is 4.94. The normalized spacial score (nSPS) is 19.6. The van der Waals surface area contributed by atoms with Gasteiger partial charge in [-0.2, -0.15) is 0 Å². The lowest BCUT2D eigenvalue weighted by Gasteiger charge is -2.32. The van der Waals surface area contributed by atoms with Crippen LogP contribution in [0.5, 0.6) is 5.75 Å². The van der Waals surface area contributed by atoms with Crippen LogP contribution in [-0.4, -0.2) is 66.8 Å². The first-order chi connectivity index (χ1) is 14.6. The van der Waals surface area contributed by atoms with Crippen LogP contribution >= 0.6 is 0 Å². The lowest BCUT2D eigenvalue weighted by atomic mass is 10.0. The number of anilines is 1. The molecule has 0 saturated carbocycles. The van der Waals surface area contributed by atoms with Gasteiger partial charge in [0.2, 0.25) is 0 Å². The summed E-state index contributed by atoms with van der Waals surface area (Å²) in [5.41, 5.74) is 3.50. The van der Waals surface area contributed by atoms with E-state index in [1.54, 1.807) is 4.90 Å². The number of aliphatic hydroxyl groups is 1. The quantitative estimate of drug-likeness (QED) is 0.736. The Hall–Kier alpha value is -2.57. The standard InChI is InChI=1S/C24H31N3O3/c1-26(23(18-6-3-2-4-7-18)16-27-13-11-20(28)15-27)24(29)17-30-21-9-10-22-19(14-21)8-5-12-25-22/h2-4,6-7,9-10,14,20,23,25,28H,5,8,11-13,15-17H2,1H3/t20-,23?/m0/s1. The number of likely N-dealkylation sites (tertiary alicyclic amines) is 1. The second kappa shape index (κ2) is 9.49. The average molecular weight is 410 g/mol.